The van der Waals surface area contributed by atoms with Gasteiger partial charge in [-0.3, -0.25) is 10.1 Å². The number of hydrogen-bond acceptors (Lipinski definition) is 6. The van der Waals surface area contributed by atoms with Gasteiger partial charge in [0.1, 0.15) is 6.33 Å². The van der Waals surface area contributed by atoms with Crippen LogP contribution in [0.1, 0.15) is 12.0 Å². The number of benzene rings is 2. The van der Waals surface area contributed by atoms with E-state index in [2.05, 4.69) is 15.3 Å². The lowest BCUT2D eigenvalue weighted by molar-refractivity contribution is -0.383. The van der Waals surface area contributed by atoms with Crippen LogP contribution in [0.15, 0.2) is 48.8 Å². The van der Waals surface area contributed by atoms with Crippen LogP contribution in [0.25, 0.3) is 0 Å². The highest BCUT2D eigenvalue weighted by molar-refractivity contribution is 6.36. The Balaban J connectivity index is 1.80. The van der Waals surface area contributed by atoms with Crippen molar-refractivity contribution >= 4 is 51.9 Å². The first-order valence-electron chi connectivity index (χ1n) is 8.61. The Kier molecular flexibility index (Phi) is 5.02. The van der Waals surface area contributed by atoms with Crippen molar-refractivity contribution in [1.82, 2.24) is 9.97 Å². The van der Waals surface area contributed by atoms with Crippen LogP contribution in [0, 0.1) is 10.1 Å². The highest BCUT2D eigenvalue weighted by Gasteiger charge is 2.30. The molecule has 0 amide bonds. The van der Waals surface area contributed by atoms with Crippen LogP contribution in [-0.4, -0.2) is 21.4 Å². The van der Waals surface area contributed by atoms with Crippen LogP contribution in [0.5, 0.6) is 0 Å². The summed E-state index contributed by atoms with van der Waals surface area (Å²) in [5.74, 6) is 0.321. The van der Waals surface area contributed by atoms with Crippen LogP contribution >= 0.6 is 23.2 Å². The quantitative estimate of drug-likeness (QED) is 0.445. The fourth-order valence-corrected chi connectivity index (χ4v) is 3.75. The summed E-state index contributed by atoms with van der Waals surface area (Å²) in [6.07, 6.45) is 3.12. The molecule has 0 atom stereocenters. The number of nitrogens with one attached hydrogen (secondary N) is 1. The number of aromatic nitrogens is 2. The number of para-hydroxylation sites is 1. The van der Waals surface area contributed by atoms with Crippen LogP contribution in [0.4, 0.5) is 28.7 Å². The van der Waals surface area contributed by atoms with Crippen molar-refractivity contribution in [2.75, 3.05) is 16.8 Å². The molecule has 1 aliphatic rings. The topological polar surface area (TPSA) is 84.2 Å². The Bertz CT molecular complexity index is 1060. The minimum Gasteiger partial charge on any atom is -0.333 e. The number of nitro groups is 1. The van der Waals surface area contributed by atoms with Gasteiger partial charge in [-0.25, -0.2) is 9.97 Å². The largest absolute Gasteiger partial charge is 0.354 e. The predicted molar refractivity (Wildman–Crippen MR) is 110 cm³/mol. The molecule has 28 heavy (non-hydrogen) atoms. The molecule has 0 bridgehead atoms. The molecule has 9 heteroatoms. The van der Waals surface area contributed by atoms with E-state index in [1.54, 1.807) is 18.2 Å². The van der Waals surface area contributed by atoms with E-state index in [0.29, 0.717) is 22.3 Å². The zero-order valence-corrected chi connectivity index (χ0v) is 16.1. The number of anilines is 4. The molecule has 1 aliphatic heterocycles. The minimum atomic E-state index is -0.474. The normalized spacial score (nSPS) is 13.1. The summed E-state index contributed by atoms with van der Waals surface area (Å²) in [6, 6.07) is 12.7. The van der Waals surface area contributed by atoms with Gasteiger partial charge in [-0.1, -0.05) is 41.4 Å². The van der Waals surface area contributed by atoms with Crippen molar-refractivity contribution in [2.45, 2.75) is 12.8 Å². The van der Waals surface area contributed by atoms with E-state index in [1.807, 2.05) is 29.2 Å². The van der Waals surface area contributed by atoms with Gasteiger partial charge < -0.3 is 10.2 Å². The van der Waals surface area contributed by atoms with Gasteiger partial charge in [-0.05, 0) is 42.7 Å². The van der Waals surface area contributed by atoms with E-state index in [1.165, 1.54) is 6.33 Å². The molecule has 3 aromatic rings. The van der Waals surface area contributed by atoms with Crippen molar-refractivity contribution in [3.05, 3.63) is 74.5 Å². The third-order valence-corrected chi connectivity index (χ3v) is 5.08. The van der Waals surface area contributed by atoms with Crippen molar-refractivity contribution in [1.29, 1.82) is 0 Å². The Morgan fingerprint density at radius 1 is 1.14 bits per heavy atom. The fraction of sp³-hybridized carbons (Fsp3) is 0.158. The van der Waals surface area contributed by atoms with E-state index in [-0.39, 0.29) is 17.3 Å². The molecule has 2 heterocycles. The molecule has 0 spiro atoms. The first-order valence-corrected chi connectivity index (χ1v) is 9.37. The third kappa shape index (κ3) is 3.46. The number of aryl methyl sites for hydroxylation is 1. The monoisotopic (exact) mass is 415 g/mol. The molecule has 7 nitrogen and oxygen atoms in total. The van der Waals surface area contributed by atoms with Crippen LogP contribution < -0.4 is 10.2 Å². The van der Waals surface area contributed by atoms with Gasteiger partial charge >= 0.3 is 5.69 Å². The summed E-state index contributed by atoms with van der Waals surface area (Å²) in [6.45, 7) is 0.635. The van der Waals surface area contributed by atoms with Gasteiger partial charge in [0.15, 0.2) is 0 Å². The molecule has 1 N–H and O–H groups in total. The smallest absolute Gasteiger partial charge is 0.333 e. The summed E-state index contributed by atoms with van der Waals surface area (Å²) in [4.78, 5) is 21.7. The maximum absolute atomic E-state index is 11.9. The van der Waals surface area contributed by atoms with E-state index >= 15 is 0 Å². The lowest BCUT2D eigenvalue weighted by Gasteiger charge is -2.30. The first-order chi connectivity index (χ1) is 13.5. The van der Waals surface area contributed by atoms with E-state index < -0.39 is 4.92 Å². The lowest BCUT2D eigenvalue weighted by Crippen LogP contribution is -2.26. The van der Waals surface area contributed by atoms with Crippen molar-refractivity contribution < 1.29 is 4.92 Å². The van der Waals surface area contributed by atoms with Crippen molar-refractivity contribution in [2.24, 2.45) is 0 Å². The predicted octanol–water partition coefficient (Wildman–Crippen LogP) is 5.52. The Morgan fingerprint density at radius 3 is 2.75 bits per heavy atom. The van der Waals surface area contributed by atoms with Gasteiger partial charge in [-0.15, -0.1) is 0 Å². The minimum absolute atomic E-state index is 0.0716. The Labute approximate surface area is 171 Å². The van der Waals surface area contributed by atoms with Crippen molar-refractivity contribution in [3.63, 3.8) is 0 Å². The number of nitrogens with zero attached hydrogens (tertiary/aromatic N) is 4. The van der Waals surface area contributed by atoms with Crippen LogP contribution in [0.3, 0.4) is 0 Å². The van der Waals surface area contributed by atoms with Gasteiger partial charge in [0.05, 0.1) is 15.6 Å². The highest BCUT2D eigenvalue weighted by Crippen LogP contribution is 2.40. The molecule has 4 rings (SSSR count). The number of halogens is 2. The molecule has 0 saturated heterocycles. The van der Waals surface area contributed by atoms with Crippen LogP contribution in [-0.2, 0) is 6.42 Å². The molecule has 2 aromatic carbocycles. The van der Waals surface area contributed by atoms with Gasteiger partial charge in [0.25, 0.3) is 0 Å². The fourth-order valence-electron chi connectivity index (χ4n) is 3.30. The Hall–Kier alpha value is -2.90. The second-order valence-electron chi connectivity index (χ2n) is 6.28. The van der Waals surface area contributed by atoms with Crippen LogP contribution in [0.2, 0.25) is 10.0 Å². The molecule has 0 aliphatic carbocycles. The second-order valence-corrected chi connectivity index (χ2v) is 7.13. The molecular weight excluding hydrogens is 401 g/mol. The molecule has 1 aromatic heterocycles. The van der Waals surface area contributed by atoms with E-state index in [0.717, 1.165) is 24.1 Å². The summed E-state index contributed by atoms with van der Waals surface area (Å²) in [5.41, 5.74) is 2.33. The lowest BCUT2D eigenvalue weighted by atomic mass is 10.0. The molecule has 0 fully saturated rings. The van der Waals surface area contributed by atoms with Gasteiger partial charge in [0.2, 0.25) is 11.6 Å². The zero-order valence-electron chi connectivity index (χ0n) is 14.6. The summed E-state index contributed by atoms with van der Waals surface area (Å²) in [7, 11) is 0. The maximum Gasteiger partial charge on any atom is 0.354 e. The number of hydrogen-bond donors (Lipinski definition) is 1. The molecule has 142 valence electrons. The first kappa shape index (κ1) is 18.5. The highest BCUT2D eigenvalue weighted by atomic mass is 35.5. The summed E-state index contributed by atoms with van der Waals surface area (Å²) in [5, 5.41) is 15.7. The van der Waals surface area contributed by atoms with E-state index in [9.17, 15) is 10.1 Å². The van der Waals surface area contributed by atoms with E-state index in [4.69, 9.17) is 23.2 Å². The molecule has 0 unspecified atom stereocenters. The average Bonchev–Trinajstić information content (AvgIpc) is 2.69. The summed E-state index contributed by atoms with van der Waals surface area (Å²) < 4.78 is 0. The standard InChI is InChI=1S/C19H15Cl2N5O2/c20-13-7-8-15(14(21)10-13)24-18-17(26(27)28)19(23-11-22-18)25-9-3-5-12-4-1-2-6-16(12)25/h1-2,4,6-8,10-11H,3,5,9H2,(H,22,23,24). The molecular formula is C19H15Cl2N5O2. The third-order valence-electron chi connectivity index (χ3n) is 4.54. The van der Waals surface area contributed by atoms with Gasteiger partial charge in [0, 0.05) is 17.3 Å². The van der Waals surface area contributed by atoms with Crippen molar-refractivity contribution in [3.8, 4) is 0 Å². The zero-order chi connectivity index (χ0) is 19.7. The second kappa shape index (κ2) is 7.61. The molecule has 0 radical (unpaired) electrons. The molecule has 0 saturated carbocycles. The summed E-state index contributed by atoms with van der Waals surface area (Å²) >= 11 is 12.1. The van der Waals surface area contributed by atoms with Gasteiger partial charge in [-0.2, -0.15) is 0 Å². The number of fused-ring (bicyclic) bond motifs is 1. The average molecular weight is 416 g/mol. The SMILES string of the molecule is O=[N+]([O-])c1c(Nc2ccc(Cl)cc2Cl)ncnc1N1CCCc2ccccc21. The Morgan fingerprint density at radius 2 is 1.96 bits per heavy atom. The maximum atomic E-state index is 11.9. The number of rotatable bonds is 4.